The molecule has 0 spiro atoms. The molecule has 0 saturated carbocycles. The summed E-state index contributed by atoms with van der Waals surface area (Å²) >= 11 is 0. The third-order valence-corrected chi connectivity index (χ3v) is 4.16. The van der Waals surface area contributed by atoms with Gasteiger partial charge in [0, 0.05) is 5.56 Å². The molecule has 0 radical (unpaired) electrons. The molecular formula is C21H25ClN4O. The highest BCUT2D eigenvalue weighted by Gasteiger charge is 2.13. The first kappa shape index (κ1) is 20.5. The molecule has 6 heteroatoms. The SMILES string of the molecule is Cl.Nc1nc(N)c(-c2ccccc2)c(CCCCCOc2ccccc2)n1. The second-order valence-corrected chi connectivity index (χ2v) is 6.13. The maximum Gasteiger partial charge on any atom is 0.222 e. The maximum atomic E-state index is 6.12. The normalized spacial score (nSPS) is 10.2. The Morgan fingerprint density at radius 3 is 2.15 bits per heavy atom. The fraction of sp³-hybridized carbons (Fsp3) is 0.238. The molecule has 0 saturated heterocycles. The van der Waals surface area contributed by atoms with Crippen molar-refractivity contribution in [2.24, 2.45) is 0 Å². The van der Waals surface area contributed by atoms with Crippen molar-refractivity contribution >= 4 is 24.2 Å². The van der Waals surface area contributed by atoms with Crippen molar-refractivity contribution in [3.8, 4) is 16.9 Å². The van der Waals surface area contributed by atoms with Gasteiger partial charge in [0.15, 0.2) is 0 Å². The summed E-state index contributed by atoms with van der Waals surface area (Å²) < 4.78 is 5.72. The van der Waals surface area contributed by atoms with E-state index in [1.165, 1.54) is 0 Å². The number of ether oxygens (including phenoxy) is 1. The van der Waals surface area contributed by atoms with E-state index in [4.69, 9.17) is 16.2 Å². The van der Waals surface area contributed by atoms with Gasteiger partial charge in [-0.15, -0.1) is 12.4 Å². The zero-order chi connectivity index (χ0) is 18.2. The number of unbranched alkanes of at least 4 members (excludes halogenated alkanes) is 2. The van der Waals surface area contributed by atoms with Crippen LogP contribution >= 0.6 is 12.4 Å². The summed E-state index contributed by atoms with van der Waals surface area (Å²) in [5.41, 5.74) is 14.7. The van der Waals surface area contributed by atoms with Gasteiger partial charge in [-0.1, -0.05) is 48.5 Å². The first-order valence-electron chi connectivity index (χ1n) is 8.89. The largest absolute Gasteiger partial charge is 0.494 e. The van der Waals surface area contributed by atoms with Crippen LogP contribution in [-0.2, 0) is 6.42 Å². The predicted octanol–water partition coefficient (Wildman–Crippen LogP) is 4.52. The lowest BCUT2D eigenvalue weighted by molar-refractivity contribution is 0.305. The van der Waals surface area contributed by atoms with Gasteiger partial charge in [-0.05, 0) is 43.4 Å². The molecule has 0 fully saturated rings. The van der Waals surface area contributed by atoms with Crippen LogP contribution in [0.1, 0.15) is 25.0 Å². The van der Waals surface area contributed by atoms with Crippen molar-refractivity contribution in [1.29, 1.82) is 0 Å². The molecule has 0 aliphatic heterocycles. The van der Waals surface area contributed by atoms with Crippen molar-refractivity contribution in [3.05, 3.63) is 66.4 Å². The second-order valence-electron chi connectivity index (χ2n) is 6.13. The van der Waals surface area contributed by atoms with Gasteiger partial charge >= 0.3 is 0 Å². The van der Waals surface area contributed by atoms with Gasteiger partial charge in [-0.3, -0.25) is 0 Å². The Morgan fingerprint density at radius 1 is 0.778 bits per heavy atom. The Hall–Kier alpha value is -2.79. The molecule has 0 unspecified atom stereocenters. The van der Waals surface area contributed by atoms with Crippen LogP contribution in [0.3, 0.4) is 0 Å². The van der Waals surface area contributed by atoms with Gasteiger partial charge in [0.1, 0.15) is 11.6 Å². The number of nitrogens with two attached hydrogens (primary N) is 2. The number of hydrogen-bond acceptors (Lipinski definition) is 5. The minimum absolute atomic E-state index is 0. The topological polar surface area (TPSA) is 87.0 Å². The van der Waals surface area contributed by atoms with E-state index in [2.05, 4.69) is 9.97 Å². The van der Waals surface area contributed by atoms with Crippen LogP contribution < -0.4 is 16.2 Å². The van der Waals surface area contributed by atoms with Gasteiger partial charge in [0.25, 0.3) is 0 Å². The lowest BCUT2D eigenvalue weighted by Gasteiger charge is -2.12. The van der Waals surface area contributed by atoms with E-state index in [9.17, 15) is 0 Å². The van der Waals surface area contributed by atoms with Crippen LogP contribution in [0.25, 0.3) is 11.1 Å². The molecule has 0 aliphatic carbocycles. The molecule has 5 nitrogen and oxygen atoms in total. The number of halogens is 1. The van der Waals surface area contributed by atoms with Gasteiger partial charge < -0.3 is 16.2 Å². The molecule has 1 aromatic heterocycles. The Kier molecular flexibility index (Phi) is 7.89. The minimum Gasteiger partial charge on any atom is -0.494 e. The zero-order valence-corrected chi connectivity index (χ0v) is 16.0. The van der Waals surface area contributed by atoms with Gasteiger partial charge in [0.2, 0.25) is 5.95 Å². The van der Waals surface area contributed by atoms with Crippen molar-refractivity contribution in [2.45, 2.75) is 25.7 Å². The molecule has 2 aromatic carbocycles. The van der Waals surface area contributed by atoms with Gasteiger partial charge in [-0.25, -0.2) is 4.98 Å². The number of para-hydroxylation sites is 1. The molecular weight excluding hydrogens is 360 g/mol. The lowest BCUT2D eigenvalue weighted by atomic mass is 10.0. The number of aryl methyl sites for hydroxylation is 1. The van der Waals surface area contributed by atoms with E-state index < -0.39 is 0 Å². The van der Waals surface area contributed by atoms with Gasteiger partial charge in [-0.2, -0.15) is 4.98 Å². The second kappa shape index (κ2) is 10.4. The quantitative estimate of drug-likeness (QED) is 0.557. The highest BCUT2D eigenvalue weighted by Crippen LogP contribution is 2.29. The Balaban J connectivity index is 0.00000261. The van der Waals surface area contributed by atoms with Crippen molar-refractivity contribution in [3.63, 3.8) is 0 Å². The predicted molar refractivity (Wildman–Crippen MR) is 113 cm³/mol. The lowest BCUT2D eigenvalue weighted by Crippen LogP contribution is -2.07. The molecule has 27 heavy (non-hydrogen) atoms. The number of benzene rings is 2. The molecule has 4 N–H and O–H groups in total. The average Bonchev–Trinajstić information content (AvgIpc) is 2.65. The summed E-state index contributed by atoms with van der Waals surface area (Å²) in [5, 5.41) is 0. The summed E-state index contributed by atoms with van der Waals surface area (Å²) in [5.74, 6) is 1.57. The Bertz CT molecular complexity index is 828. The van der Waals surface area contributed by atoms with Crippen molar-refractivity contribution in [1.82, 2.24) is 9.97 Å². The van der Waals surface area contributed by atoms with Crippen LogP contribution in [-0.4, -0.2) is 16.6 Å². The number of aromatic nitrogens is 2. The highest BCUT2D eigenvalue weighted by molar-refractivity contribution is 5.85. The first-order chi connectivity index (χ1) is 12.7. The molecule has 0 amide bonds. The zero-order valence-electron chi connectivity index (χ0n) is 15.2. The highest BCUT2D eigenvalue weighted by atomic mass is 35.5. The van der Waals surface area contributed by atoms with Gasteiger partial charge in [0.05, 0.1) is 12.3 Å². The Morgan fingerprint density at radius 2 is 1.44 bits per heavy atom. The van der Waals surface area contributed by atoms with E-state index in [0.717, 1.165) is 48.3 Å². The maximum absolute atomic E-state index is 6.12. The fourth-order valence-electron chi connectivity index (χ4n) is 2.92. The molecule has 3 aromatic rings. The summed E-state index contributed by atoms with van der Waals surface area (Å²) in [6.45, 7) is 0.712. The number of anilines is 2. The van der Waals surface area contributed by atoms with Crippen molar-refractivity contribution < 1.29 is 4.74 Å². The summed E-state index contributed by atoms with van der Waals surface area (Å²) in [6, 6.07) is 19.9. The number of hydrogen-bond donors (Lipinski definition) is 2. The monoisotopic (exact) mass is 384 g/mol. The Labute approximate surface area is 166 Å². The average molecular weight is 385 g/mol. The third kappa shape index (κ3) is 5.86. The third-order valence-electron chi connectivity index (χ3n) is 4.16. The fourth-order valence-corrected chi connectivity index (χ4v) is 2.92. The van der Waals surface area contributed by atoms with Crippen LogP contribution in [0, 0.1) is 0 Å². The number of rotatable bonds is 8. The van der Waals surface area contributed by atoms with Crippen LogP contribution in [0.4, 0.5) is 11.8 Å². The molecule has 142 valence electrons. The van der Waals surface area contributed by atoms with Crippen LogP contribution in [0.15, 0.2) is 60.7 Å². The molecule has 3 rings (SSSR count). The van der Waals surface area contributed by atoms with Crippen LogP contribution in [0.2, 0.25) is 0 Å². The molecule has 0 atom stereocenters. The summed E-state index contributed by atoms with van der Waals surface area (Å²) in [4.78, 5) is 8.56. The number of nitrogens with zero attached hydrogens (tertiary/aromatic N) is 2. The van der Waals surface area contributed by atoms with E-state index in [1.54, 1.807) is 0 Å². The van der Waals surface area contributed by atoms with E-state index in [0.29, 0.717) is 12.4 Å². The first-order valence-corrected chi connectivity index (χ1v) is 8.89. The standard InChI is InChI=1S/C21H24N4O.ClH/c22-20-19(16-10-4-1-5-11-16)18(24-21(23)25-20)14-8-3-9-15-26-17-12-6-2-7-13-17;/h1-2,4-7,10-13H,3,8-9,14-15H2,(H4,22,23,24,25);1H. The van der Waals surface area contributed by atoms with Crippen molar-refractivity contribution in [2.75, 3.05) is 18.1 Å². The molecule has 1 heterocycles. The van der Waals surface area contributed by atoms with E-state index >= 15 is 0 Å². The van der Waals surface area contributed by atoms with E-state index in [1.807, 2.05) is 60.7 Å². The van der Waals surface area contributed by atoms with E-state index in [-0.39, 0.29) is 18.4 Å². The van der Waals surface area contributed by atoms with Crippen LogP contribution in [0.5, 0.6) is 5.75 Å². The summed E-state index contributed by atoms with van der Waals surface area (Å²) in [6.07, 6.45) is 3.84. The smallest absolute Gasteiger partial charge is 0.222 e. The number of nitrogen functional groups attached to an aromatic ring is 2. The summed E-state index contributed by atoms with van der Waals surface area (Å²) in [7, 11) is 0. The minimum atomic E-state index is 0. The molecule has 0 aliphatic rings. The molecule has 0 bridgehead atoms.